The highest BCUT2D eigenvalue weighted by Crippen LogP contribution is 2.45. The van der Waals surface area contributed by atoms with Crippen LogP contribution < -0.4 is 0 Å². The van der Waals surface area contributed by atoms with Gasteiger partial charge in [-0.3, -0.25) is 0 Å². The molecule has 0 N–H and O–H groups in total. The predicted molar refractivity (Wildman–Crippen MR) is 220 cm³/mol. The SMILES string of the molecule is N#Cc1cccc(-c2cccc(-n3c4ccccc4c4c5c(ccc43)oc3ccccc35)c2)c1-n1c2ccccc2c2c3c(ccc21)oc1ccccc13. The number of nitriles is 1. The van der Waals surface area contributed by atoms with Crippen LogP contribution in [0, 0.1) is 11.3 Å². The van der Waals surface area contributed by atoms with E-state index in [1.165, 1.54) is 10.8 Å². The summed E-state index contributed by atoms with van der Waals surface area (Å²) in [4.78, 5) is 0. The molecule has 0 radical (unpaired) electrons. The highest BCUT2D eigenvalue weighted by Gasteiger charge is 2.23. The van der Waals surface area contributed by atoms with E-state index >= 15 is 0 Å². The van der Waals surface area contributed by atoms with Crippen molar-refractivity contribution >= 4 is 87.5 Å². The quantitative estimate of drug-likeness (QED) is 0.185. The minimum absolute atomic E-state index is 0.601. The minimum Gasteiger partial charge on any atom is -0.456 e. The number of benzene rings is 8. The van der Waals surface area contributed by atoms with E-state index in [0.29, 0.717) is 5.56 Å². The highest BCUT2D eigenvalue weighted by atomic mass is 16.3. The minimum atomic E-state index is 0.601. The number of hydrogen-bond acceptors (Lipinski definition) is 3. The molecule has 0 bridgehead atoms. The maximum atomic E-state index is 10.7. The molecule has 5 nitrogen and oxygen atoms in total. The average Bonchev–Trinajstić information content (AvgIpc) is 3.97. The lowest BCUT2D eigenvalue weighted by Gasteiger charge is -2.17. The number of rotatable bonds is 3. The van der Waals surface area contributed by atoms with Gasteiger partial charge < -0.3 is 18.0 Å². The van der Waals surface area contributed by atoms with Crippen LogP contribution >= 0.6 is 0 Å². The summed E-state index contributed by atoms with van der Waals surface area (Å²) in [6, 6.07) is 59.3. The molecule has 0 aliphatic carbocycles. The summed E-state index contributed by atoms with van der Waals surface area (Å²) in [6.45, 7) is 0. The van der Waals surface area contributed by atoms with Gasteiger partial charge >= 0.3 is 0 Å². The van der Waals surface area contributed by atoms with E-state index in [-0.39, 0.29) is 0 Å². The van der Waals surface area contributed by atoms with Crippen molar-refractivity contribution in [3.05, 3.63) is 169 Å². The maximum absolute atomic E-state index is 10.7. The molecular weight excluding hydrogens is 663 g/mol. The van der Waals surface area contributed by atoms with Crippen LogP contribution in [0.1, 0.15) is 5.56 Å². The Morgan fingerprint density at radius 3 is 1.57 bits per heavy atom. The Labute approximate surface area is 307 Å². The molecule has 54 heavy (non-hydrogen) atoms. The number of para-hydroxylation sites is 5. The van der Waals surface area contributed by atoms with Crippen LogP contribution in [0.5, 0.6) is 0 Å². The van der Waals surface area contributed by atoms with Crippen molar-refractivity contribution in [3.63, 3.8) is 0 Å². The van der Waals surface area contributed by atoms with Crippen molar-refractivity contribution in [3.8, 4) is 28.6 Å². The largest absolute Gasteiger partial charge is 0.456 e. The van der Waals surface area contributed by atoms with Crippen molar-refractivity contribution in [1.29, 1.82) is 5.26 Å². The van der Waals surface area contributed by atoms with Gasteiger partial charge in [-0.15, -0.1) is 0 Å². The zero-order valence-electron chi connectivity index (χ0n) is 28.7. The lowest BCUT2D eigenvalue weighted by atomic mass is 9.99. The van der Waals surface area contributed by atoms with Crippen molar-refractivity contribution in [2.24, 2.45) is 0 Å². The Hall–Kier alpha value is -7.55. The first-order chi connectivity index (χ1) is 26.8. The molecule has 0 unspecified atom stereocenters. The Balaban J connectivity index is 1.14. The van der Waals surface area contributed by atoms with E-state index in [0.717, 1.165) is 99.2 Å². The number of aromatic nitrogens is 2. The molecule has 0 saturated carbocycles. The third kappa shape index (κ3) is 3.81. The van der Waals surface area contributed by atoms with Gasteiger partial charge in [0.05, 0.1) is 33.3 Å². The van der Waals surface area contributed by atoms with Crippen LogP contribution in [0.4, 0.5) is 0 Å². The van der Waals surface area contributed by atoms with Crippen molar-refractivity contribution < 1.29 is 8.83 Å². The average molecular weight is 690 g/mol. The fourth-order valence-electron chi connectivity index (χ4n) is 8.99. The second kappa shape index (κ2) is 10.7. The molecule has 5 heteroatoms. The fraction of sp³-hybridized carbons (Fsp3) is 0. The normalized spacial score (nSPS) is 12.1. The van der Waals surface area contributed by atoms with Gasteiger partial charge in [-0.1, -0.05) is 97.1 Å². The van der Waals surface area contributed by atoms with Gasteiger partial charge in [0.25, 0.3) is 0 Å². The maximum Gasteiger partial charge on any atom is 0.136 e. The third-order valence-electron chi connectivity index (χ3n) is 11.1. The summed E-state index contributed by atoms with van der Waals surface area (Å²) >= 11 is 0. The molecule has 12 rings (SSSR count). The van der Waals surface area contributed by atoms with Gasteiger partial charge in [-0.2, -0.15) is 5.26 Å². The summed E-state index contributed by atoms with van der Waals surface area (Å²) in [7, 11) is 0. The zero-order valence-corrected chi connectivity index (χ0v) is 28.7. The predicted octanol–water partition coefficient (Wildman–Crippen LogP) is 13.2. The lowest BCUT2D eigenvalue weighted by molar-refractivity contribution is 0.669. The first-order valence-corrected chi connectivity index (χ1v) is 18.1. The van der Waals surface area contributed by atoms with Gasteiger partial charge in [0, 0.05) is 54.3 Å². The van der Waals surface area contributed by atoms with E-state index in [4.69, 9.17) is 8.83 Å². The molecule has 0 spiro atoms. The summed E-state index contributed by atoms with van der Waals surface area (Å²) in [5, 5.41) is 19.7. The Bertz CT molecular complexity index is 3590. The number of nitrogens with zero attached hydrogens (tertiary/aromatic N) is 3. The van der Waals surface area contributed by atoms with Crippen LogP contribution in [-0.4, -0.2) is 9.13 Å². The van der Waals surface area contributed by atoms with Gasteiger partial charge in [-0.05, 0) is 72.3 Å². The summed E-state index contributed by atoms with van der Waals surface area (Å²) in [5.41, 5.74) is 12.2. The fourth-order valence-corrected chi connectivity index (χ4v) is 8.99. The van der Waals surface area contributed by atoms with Gasteiger partial charge in [0.15, 0.2) is 0 Å². The second-order valence-corrected chi connectivity index (χ2v) is 13.9. The van der Waals surface area contributed by atoms with E-state index in [1.54, 1.807) is 0 Å². The molecule has 0 amide bonds. The van der Waals surface area contributed by atoms with Gasteiger partial charge in [0.2, 0.25) is 0 Å². The smallest absolute Gasteiger partial charge is 0.136 e. The van der Waals surface area contributed by atoms with Crippen LogP contribution in [0.3, 0.4) is 0 Å². The highest BCUT2D eigenvalue weighted by molar-refractivity contribution is 6.28. The summed E-state index contributed by atoms with van der Waals surface area (Å²) in [6.07, 6.45) is 0. The molecule has 8 aromatic carbocycles. The van der Waals surface area contributed by atoms with Gasteiger partial charge in [0.1, 0.15) is 28.4 Å². The third-order valence-corrected chi connectivity index (χ3v) is 11.1. The number of hydrogen-bond donors (Lipinski definition) is 0. The molecule has 0 fully saturated rings. The Morgan fingerprint density at radius 2 is 0.944 bits per heavy atom. The monoisotopic (exact) mass is 689 g/mol. The number of fused-ring (bicyclic) bond motifs is 14. The topological polar surface area (TPSA) is 59.9 Å². The molecule has 0 aliphatic heterocycles. The van der Waals surface area contributed by atoms with Crippen molar-refractivity contribution in [2.45, 2.75) is 0 Å². The molecule has 0 atom stereocenters. The molecule has 12 aromatic rings. The zero-order chi connectivity index (χ0) is 35.5. The lowest BCUT2D eigenvalue weighted by Crippen LogP contribution is -2.01. The summed E-state index contributed by atoms with van der Waals surface area (Å²) < 4.78 is 17.3. The first kappa shape index (κ1) is 29.1. The van der Waals surface area contributed by atoms with Crippen LogP contribution in [0.25, 0.3) is 110 Å². The van der Waals surface area contributed by atoms with E-state index in [1.807, 2.05) is 36.4 Å². The van der Waals surface area contributed by atoms with Crippen LogP contribution in [0.15, 0.2) is 173 Å². The van der Waals surface area contributed by atoms with Crippen molar-refractivity contribution in [1.82, 2.24) is 9.13 Å². The van der Waals surface area contributed by atoms with E-state index < -0.39 is 0 Å². The first-order valence-electron chi connectivity index (χ1n) is 18.1. The van der Waals surface area contributed by atoms with Crippen LogP contribution in [-0.2, 0) is 0 Å². The standard InChI is InChI=1S/C49H27N3O2/c50-28-30-12-10-18-32(49(30)52-38-20-6-2-15-34(38)46-40(52)24-26-44-48(46)36-17-4-8-22-42(36)54-44)29-11-9-13-31(27-29)51-37-19-5-1-14-33(37)45-39(51)23-25-43-47(45)35-16-3-7-21-41(35)53-43/h1-27H. The molecule has 0 aliphatic rings. The number of furan rings is 2. The molecule has 250 valence electrons. The summed E-state index contributed by atoms with van der Waals surface area (Å²) in [5.74, 6) is 0. The van der Waals surface area contributed by atoms with E-state index in [2.05, 4.69) is 143 Å². The molecule has 4 heterocycles. The van der Waals surface area contributed by atoms with Gasteiger partial charge in [-0.25, -0.2) is 0 Å². The molecular formula is C49H27N3O2. The molecule has 4 aromatic heterocycles. The Kier molecular flexibility index (Phi) is 5.78. The Morgan fingerprint density at radius 1 is 0.407 bits per heavy atom. The second-order valence-electron chi connectivity index (χ2n) is 13.9. The van der Waals surface area contributed by atoms with Crippen LogP contribution in [0.2, 0.25) is 0 Å². The van der Waals surface area contributed by atoms with E-state index in [9.17, 15) is 5.26 Å². The van der Waals surface area contributed by atoms with Crippen molar-refractivity contribution in [2.75, 3.05) is 0 Å². The molecule has 0 saturated heterocycles.